The van der Waals surface area contributed by atoms with E-state index in [1.54, 1.807) is 31.5 Å². The van der Waals surface area contributed by atoms with E-state index in [4.69, 9.17) is 37.8 Å². The van der Waals surface area contributed by atoms with Crippen molar-refractivity contribution in [2.75, 3.05) is 6.61 Å². The molecule has 210 valence electrons. The van der Waals surface area contributed by atoms with Crippen LogP contribution < -0.4 is 10.6 Å². The molecule has 4 aliphatic rings. The van der Waals surface area contributed by atoms with Crippen LogP contribution in [0.15, 0.2) is 28.3 Å². The summed E-state index contributed by atoms with van der Waals surface area (Å²) in [7, 11) is 0. The SMILES string of the molecule is CCO/N=C1\NC=NC2C1NC(C1CCCCCC1)N2[C@@H]1O[C@H](C(C)(O)c2ccc(Cl)c(Cl)c2)[C@@H](O)[C@H]1O. The summed E-state index contributed by atoms with van der Waals surface area (Å²) in [4.78, 5) is 12.0. The van der Waals surface area contributed by atoms with Crippen LogP contribution in [0.2, 0.25) is 10.0 Å². The van der Waals surface area contributed by atoms with E-state index in [-0.39, 0.29) is 23.1 Å². The third-order valence-corrected chi connectivity index (χ3v) is 8.98. The van der Waals surface area contributed by atoms with Crippen molar-refractivity contribution in [1.29, 1.82) is 0 Å². The largest absolute Gasteiger partial charge is 0.395 e. The van der Waals surface area contributed by atoms with Crippen molar-refractivity contribution in [1.82, 2.24) is 15.5 Å². The van der Waals surface area contributed by atoms with Gasteiger partial charge in [0.2, 0.25) is 0 Å². The number of nitrogens with zero attached hydrogens (tertiary/aromatic N) is 3. The normalized spacial score (nSPS) is 37.0. The van der Waals surface area contributed by atoms with Gasteiger partial charge in [0.15, 0.2) is 5.84 Å². The van der Waals surface area contributed by atoms with Crippen LogP contribution in [-0.2, 0) is 15.2 Å². The quantitative estimate of drug-likeness (QED) is 0.261. The van der Waals surface area contributed by atoms with Crippen LogP contribution in [-0.4, -0.2) is 81.9 Å². The van der Waals surface area contributed by atoms with Crippen molar-refractivity contribution in [2.45, 2.75) is 101 Å². The Morgan fingerprint density at radius 3 is 2.58 bits per heavy atom. The molecule has 3 aliphatic heterocycles. The predicted octanol–water partition coefficient (Wildman–Crippen LogP) is 2.53. The third kappa shape index (κ3) is 5.17. The van der Waals surface area contributed by atoms with Crippen LogP contribution in [0.1, 0.15) is 57.9 Å². The van der Waals surface area contributed by atoms with E-state index in [2.05, 4.69) is 15.8 Å². The van der Waals surface area contributed by atoms with Gasteiger partial charge in [-0.15, -0.1) is 0 Å². The maximum absolute atomic E-state index is 11.6. The number of halogens is 2. The van der Waals surface area contributed by atoms with Crippen LogP contribution in [0.5, 0.6) is 0 Å². The average molecular weight is 571 g/mol. The fraction of sp³-hybridized carbons (Fsp3) is 0.692. The number of aliphatic imine (C=N–C) groups is 1. The van der Waals surface area contributed by atoms with Crippen molar-refractivity contribution in [3.63, 3.8) is 0 Å². The van der Waals surface area contributed by atoms with Crippen molar-refractivity contribution in [2.24, 2.45) is 16.1 Å². The second kappa shape index (κ2) is 11.5. The minimum Gasteiger partial charge on any atom is -0.395 e. The molecule has 0 bridgehead atoms. The smallest absolute Gasteiger partial charge is 0.167 e. The Morgan fingerprint density at radius 1 is 1.16 bits per heavy atom. The molecule has 5 rings (SSSR count). The highest BCUT2D eigenvalue weighted by atomic mass is 35.5. The minimum atomic E-state index is -1.66. The van der Waals surface area contributed by atoms with Gasteiger partial charge in [0.05, 0.1) is 22.5 Å². The highest BCUT2D eigenvalue weighted by Crippen LogP contribution is 2.42. The summed E-state index contributed by atoms with van der Waals surface area (Å²) in [5.41, 5.74) is -1.24. The van der Waals surface area contributed by atoms with Crippen molar-refractivity contribution in [3.8, 4) is 0 Å². The molecular formula is C26H37Cl2N5O5. The molecule has 4 unspecified atom stereocenters. The van der Waals surface area contributed by atoms with E-state index in [9.17, 15) is 15.3 Å². The van der Waals surface area contributed by atoms with Gasteiger partial charge in [-0.25, -0.2) is 4.90 Å². The van der Waals surface area contributed by atoms with Crippen LogP contribution in [0.4, 0.5) is 0 Å². The first kappa shape index (κ1) is 28.0. The summed E-state index contributed by atoms with van der Waals surface area (Å²) in [6.07, 6.45) is 2.92. The number of aliphatic hydroxyl groups is 3. The Kier molecular flexibility index (Phi) is 8.52. The number of oxime groups is 1. The van der Waals surface area contributed by atoms with Crippen molar-refractivity contribution >= 4 is 35.4 Å². The number of fused-ring (bicyclic) bond motifs is 1. The lowest BCUT2D eigenvalue weighted by molar-refractivity contribution is -0.164. The molecule has 38 heavy (non-hydrogen) atoms. The molecule has 3 fully saturated rings. The van der Waals surface area contributed by atoms with Crippen LogP contribution >= 0.6 is 23.2 Å². The first-order valence-corrected chi connectivity index (χ1v) is 14.2. The van der Waals surface area contributed by atoms with Gasteiger partial charge < -0.3 is 30.2 Å². The monoisotopic (exact) mass is 569 g/mol. The highest BCUT2D eigenvalue weighted by molar-refractivity contribution is 6.42. The molecule has 10 nitrogen and oxygen atoms in total. The molecule has 2 saturated heterocycles. The molecule has 3 heterocycles. The molecule has 1 saturated carbocycles. The van der Waals surface area contributed by atoms with Gasteiger partial charge in [-0.3, -0.25) is 10.3 Å². The highest BCUT2D eigenvalue weighted by Gasteiger charge is 2.59. The summed E-state index contributed by atoms with van der Waals surface area (Å²) < 4.78 is 6.37. The zero-order valence-corrected chi connectivity index (χ0v) is 23.1. The standard InChI is InChI=1S/C26H37Cl2N5O5/c1-3-37-32-22-18-24(30-13-29-22)33(23(31-18)14-8-6-4-5-7-9-14)25-20(35)19(34)21(38-25)26(2,36)15-10-11-16(27)17(28)12-15/h10-14,18-21,23-25,31,34-36H,3-9H2,1-2H3,(H,29,30,32)/t18?,19-,20+,21-,23?,24?,25+,26?/m0/s1. The zero-order valence-electron chi connectivity index (χ0n) is 21.6. The van der Waals surface area contributed by atoms with Gasteiger partial charge in [-0.1, -0.05) is 60.1 Å². The molecule has 1 aromatic carbocycles. The maximum atomic E-state index is 11.6. The Labute approximate surface area is 233 Å². The number of nitrogens with one attached hydrogen (secondary N) is 2. The Morgan fingerprint density at radius 2 is 1.89 bits per heavy atom. The Bertz CT molecular complexity index is 1050. The van der Waals surface area contributed by atoms with Crippen LogP contribution in [0.3, 0.4) is 0 Å². The molecule has 1 aliphatic carbocycles. The number of benzene rings is 1. The second-order valence-corrected chi connectivity index (χ2v) is 11.5. The van der Waals surface area contributed by atoms with Crippen LogP contribution in [0.25, 0.3) is 0 Å². The van der Waals surface area contributed by atoms with E-state index in [1.165, 1.54) is 12.8 Å². The molecule has 5 N–H and O–H groups in total. The lowest BCUT2D eigenvalue weighted by Gasteiger charge is -2.38. The first-order chi connectivity index (χ1) is 18.2. The van der Waals surface area contributed by atoms with Gasteiger partial charge in [0, 0.05) is 0 Å². The Hall–Kier alpha value is -1.50. The average Bonchev–Trinajstić information content (AvgIpc) is 3.28. The number of ether oxygens (including phenoxy) is 1. The zero-order chi connectivity index (χ0) is 27.0. The van der Waals surface area contributed by atoms with Gasteiger partial charge in [-0.2, -0.15) is 0 Å². The lowest BCUT2D eigenvalue weighted by Crippen LogP contribution is -2.55. The summed E-state index contributed by atoms with van der Waals surface area (Å²) in [6, 6.07) is 4.46. The van der Waals surface area contributed by atoms with Gasteiger partial charge in [0.1, 0.15) is 49.0 Å². The van der Waals surface area contributed by atoms with E-state index < -0.39 is 36.3 Å². The van der Waals surface area contributed by atoms with Gasteiger partial charge in [-0.05, 0) is 50.3 Å². The molecule has 12 heteroatoms. The summed E-state index contributed by atoms with van der Waals surface area (Å²) >= 11 is 12.3. The van der Waals surface area contributed by atoms with Crippen molar-refractivity contribution in [3.05, 3.63) is 33.8 Å². The lowest BCUT2D eigenvalue weighted by atomic mass is 9.86. The fourth-order valence-electron chi connectivity index (χ4n) is 6.22. The minimum absolute atomic E-state index is 0.187. The molecule has 0 spiro atoms. The number of amidine groups is 1. The topological polar surface area (TPSA) is 131 Å². The second-order valence-electron chi connectivity index (χ2n) is 10.7. The third-order valence-electron chi connectivity index (χ3n) is 8.24. The number of rotatable bonds is 6. The molecule has 0 amide bonds. The van der Waals surface area contributed by atoms with Gasteiger partial charge >= 0.3 is 0 Å². The van der Waals surface area contributed by atoms with E-state index in [0.29, 0.717) is 23.0 Å². The number of aliphatic hydroxyl groups excluding tert-OH is 2. The molecule has 1 aromatic rings. The van der Waals surface area contributed by atoms with Crippen LogP contribution in [0, 0.1) is 5.92 Å². The predicted molar refractivity (Wildman–Crippen MR) is 145 cm³/mol. The summed E-state index contributed by atoms with van der Waals surface area (Å²) in [6.45, 7) is 3.84. The van der Waals surface area contributed by atoms with E-state index in [0.717, 1.165) is 25.7 Å². The molecule has 0 aromatic heterocycles. The first-order valence-electron chi connectivity index (χ1n) is 13.4. The number of hydrogen-bond donors (Lipinski definition) is 5. The Balaban J connectivity index is 1.47. The molecule has 0 radical (unpaired) electrons. The van der Waals surface area contributed by atoms with E-state index >= 15 is 0 Å². The fourth-order valence-corrected chi connectivity index (χ4v) is 6.52. The van der Waals surface area contributed by atoms with E-state index in [1.807, 2.05) is 11.8 Å². The maximum Gasteiger partial charge on any atom is 0.167 e. The number of hydrogen-bond acceptors (Lipinski definition) is 9. The van der Waals surface area contributed by atoms with Gasteiger partial charge in [0.25, 0.3) is 0 Å². The summed E-state index contributed by atoms with van der Waals surface area (Å²) in [5.74, 6) is 0.884. The molecular weight excluding hydrogens is 533 g/mol. The summed E-state index contributed by atoms with van der Waals surface area (Å²) in [5, 5.41) is 45.7. The molecule has 8 atom stereocenters. The van der Waals surface area contributed by atoms with Crippen molar-refractivity contribution < 1.29 is 24.9 Å².